The van der Waals surface area contributed by atoms with Crippen molar-refractivity contribution in [1.29, 1.82) is 0 Å². The molecule has 4 aliphatic rings. The van der Waals surface area contributed by atoms with Gasteiger partial charge >= 0.3 is 6.36 Å². The summed E-state index contributed by atoms with van der Waals surface area (Å²) in [6.07, 6.45) is 0.907. The lowest BCUT2D eigenvalue weighted by Crippen LogP contribution is -2.56. The van der Waals surface area contributed by atoms with Crippen LogP contribution in [0.25, 0.3) is 0 Å². The second-order valence-electron chi connectivity index (χ2n) is 8.49. The molecule has 2 N–H and O–H groups in total. The van der Waals surface area contributed by atoms with E-state index in [4.69, 9.17) is 0 Å². The van der Waals surface area contributed by atoms with Gasteiger partial charge in [-0.05, 0) is 67.9 Å². The quantitative estimate of drug-likeness (QED) is 0.834. The Morgan fingerprint density at radius 3 is 2.54 bits per heavy atom. The van der Waals surface area contributed by atoms with Crippen LogP contribution in [0.4, 0.5) is 18.9 Å². The van der Waals surface area contributed by atoms with Crippen LogP contribution in [-0.4, -0.2) is 23.0 Å². The molecule has 0 heterocycles. The van der Waals surface area contributed by atoms with E-state index < -0.39 is 12.0 Å². The van der Waals surface area contributed by atoms with E-state index in [0.717, 1.165) is 32.1 Å². The maximum atomic E-state index is 12.5. The fourth-order valence-corrected chi connectivity index (χ4v) is 5.93. The van der Waals surface area contributed by atoms with Gasteiger partial charge in [-0.1, -0.05) is 6.07 Å². The molecule has 4 bridgehead atoms. The second-order valence-corrected chi connectivity index (χ2v) is 8.49. The lowest BCUT2D eigenvalue weighted by Gasteiger charge is -2.60. The molecule has 0 radical (unpaired) electrons. The normalized spacial score (nSPS) is 35.4. The molecule has 0 saturated heterocycles. The van der Waals surface area contributed by atoms with Gasteiger partial charge in [-0.2, -0.15) is 0 Å². The zero-order valence-electron chi connectivity index (χ0n) is 14.3. The van der Waals surface area contributed by atoms with Gasteiger partial charge in [0.25, 0.3) is 0 Å². The molecular weight excluding hydrogens is 347 g/mol. The molecule has 1 amide bonds. The molecule has 4 fully saturated rings. The van der Waals surface area contributed by atoms with Gasteiger partial charge < -0.3 is 15.2 Å². The highest BCUT2D eigenvalue weighted by Crippen LogP contribution is 2.62. The molecule has 7 heteroatoms. The molecule has 4 aliphatic carbocycles. The molecular formula is C19H22F3NO3. The summed E-state index contributed by atoms with van der Waals surface area (Å²) in [6, 6.07) is 5.30. The van der Waals surface area contributed by atoms with Gasteiger partial charge in [-0.3, -0.25) is 4.79 Å². The van der Waals surface area contributed by atoms with E-state index in [9.17, 15) is 23.1 Å². The Balaban J connectivity index is 1.43. The number of anilines is 1. The minimum absolute atomic E-state index is 0.178. The largest absolute Gasteiger partial charge is 0.573 e. The third-order valence-electron chi connectivity index (χ3n) is 6.04. The van der Waals surface area contributed by atoms with E-state index in [0.29, 0.717) is 24.7 Å². The van der Waals surface area contributed by atoms with Crippen molar-refractivity contribution in [2.75, 3.05) is 5.32 Å². The molecule has 26 heavy (non-hydrogen) atoms. The van der Waals surface area contributed by atoms with Gasteiger partial charge in [0.1, 0.15) is 5.75 Å². The Morgan fingerprint density at radius 1 is 1.23 bits per heavy atom. The lowest BCUT2D eigenvalue weighted by molar-refractivity contribution is -0.274. The number of nitrogens with one attached hydrogen (secondary N) is 1. The number of benzene rings is 1. The van der Waals surface area contributed by atoms with Crippen LogP contribution in [-0.2, 0) is 4.79 Å². The molecule has 1 aromatic carbocycles. The van der Waals surface area contributed by atoms with Gasteiger partial charge in [-0.15, -0.1) is 13.2 Å². The molecule has 1 aromatic rings. The van der Waals surface area contributed by atoms with E-state index in [-0.39, 0.29) is 22.8 Å². The van der Waals surface area contributed by atoms with Gasteiger partial charge in [0.15, 0.2) is 0 Å². The summed E-state index contributed by atoms with van der Waals surface area (Å²) < 4.78 is 40.9. The number of carbonyl (C=O) groups excluding carboxylic acids is 1. The van der Waals surface area contributed by atoms with Gasteiger partial charge in [0, 0.05) is 18.2 Å². The van der Waals surface area contributed by atoms with Gasteiger partial charge in [-0.25, -0.2) is 0 Å². The van der Waals surface area contributed by atoms with Crippen molar-refractivity contribution in [2.24, 2.45) is 17.3 Å². The number of amides is 1. The Kier molecular flexibility index (Phi) is 3.99. The minimum atomic E-state index is -4.77. The number of hydrogen-bond acceptors (Lipinski definition) is 3. The Morgan fingerprint density at radius 2 is 1.92 bits per heavy atom. The van der Waals surface area contributed by atoms with Crippen molar-refractivity contribution < 1.29 is 27.8 Å². The minimum Gasteiger partial charge on any atom is -0.406 e. The number of aliphatic hydroxyl groups is 1. The van der Waals surface area contributed by atoms with Gasteiger partial charge in [0.2, 0.25) is 5.91 Å². The third-order valence-corrected chi connectivity index (χ3v) is 6.04. The first-order valence-corrected chi connectivity index (χ1v) is 9.00. The zero-order chi connectivity index (χ0) is 18.6. The van der Waals surface area contributed by atoms with E-state index in [1.807, 2.05) is 0 Å². The van der Waals surface area contributed by atoms with E-state index >= 15 is 0 Å². The first kappa shape index (κ1) is 17.6. The summed E-state index contributed by atoms with van der Waals surface area (Å²) in [7, 11) is 0. The number of hydrogen-bond donors (Lipinski definition) is 2. The van der Waals surface area contributed by atoms with Crippen molar-refractivity contribution in [3.8, 4) is 5.75 Å². The fraction of sp³-hybridized carbons (Fsp3) is 0.632. The van der Waals surface area contributed by atoms with Crippen LogP contribution in [0, 0.1) is 17.3 Å². The number of halogens is 3. The number of ether oxygens (including phenoxy) is 1. The van der Waals surface area contributed by atoms with Crippen molar-refractivity contribution in [2.45, 2.75) is 56.9 Å². The zero-order valence-corrected chi connectivity index (χ0v) is 14.3. The van der Waals surface area contributed by atoms with Crippen LogP contribution in [0.15, 0.2) is 24.3 Å². The van der Waals surface area contributed by atoms with Crippen LogP contribution in [0.1, 0.15) is 44.9 Å². The molecule has 4 saturated carbocycles. The number of rotatable bonds is 4. The van der Waals surface area contributed by atoms with E-state index in [2.05, 4.69) is 10.1 Å². The SMILES string of the molecule is O=C(CC12CC3CC(CC(O)(C3)C1)C2)Nc1cccc(OC(F)(F)F)c1. The van der Waals surface area contributed by atoms with Crippen LogP contribution < -0.4 is 10.1 Å². The van der Waals surface area contributed by atoms with Gasteiger partial charge in [0.05, 0.1) is 5.60 Å². The molecule has 2 atom stereocenters. The predicted molar refractivity (Wildman–Crippen MR) is 88.4 cm³/mol. The molecule has 4 nitrogen and oxygen atoms in total. The molecule has 0 spiro atoms. The smallest absolute Gasteiger partial charge is 0.406 e. The van der Waals surface area contributed by atoms with Crippen LogP contribution in [0.3, 0.4) is 0 Å². The molecule has 142 valence electrons. The first-order valence-electron chi connectivity index (χ1n) is 9.00. The number of alkyl halides is 3. The lowest BCUT2D eigenvalue weighted by atomic mass is 9.47. The first-order chi connectivity index (χ1) is 12.1. The Bertz CT molecular complexity index is 704. The van der Waals surface area contributed by atoms with Crippen LogP contribution in [0.2, 0.25) is 0 Å². The predicted octanol–water partition coefficient (Wildman–Crippen LogP) is 4.25. The Hall–Kier alpha value is -1.76. The summed E-state index contributed by atoms with van der Waals surface area (Å²) >= 11 is 0. The topological polar surface area (TPSA) is 58.6 Å². The van der Waals surface area contributed by atoms with Crippen molar-refractivity contribution in [1.82, 2.24) is 0 Å². The summed E-state index contributed by atoms with van der Waals surface area (Å²) in [5.41, 5.74) is -0.534. The maximum absolute atomic E-state index is 12.5. The fourth-order valence-electron chi connectivity index (χ4n) is 5.93. The van der Waals surface area contributed by atoms with Crippen molar-refractivity contribution in [3.05, 3.63) is 24.3 Å². The Labute approximate surface area is 149 Å². The summed E-state index contributed by atoms with van der Waals surface area (Å²) in [4.78, 5) is 12.5. The summed E-state index contributed by atoms with van der Waals surface area (Å²) in [6.45, 7) is 0. The van der Waals surface area contributed by atoms with Crippen molar-refractivity contribution in [3.63, 3.8) is 0 Å². The van der Waals surface area contributed by atoms with Crippen molar-refractivity contribution >= 4 is 11.6 Å². The average molecular weight is 369 g/mol. The third kappa shape index (κ3) is 3.68. The summed E-state index contributed by atoms with van der Waals surface area (Å²) in [5.74, 6) is 0.384. The monoisotopic (exact) mass is 369 g/mol. The molecule has 0 aliphatic heterocycles. The highest BCUT2D eigenvalue weighted by Gasteiger charge is 2.57. The van der Waals surface area contributed by atoms with E-state index in [1.54, 1.807) is 0 Å². The number of carbonyl (C=O) groups is 1. The molecule has 2 unspecified atom stereocenters. The highest BCUT2D eigenvalue weighted by atomic mass is 19.4. The van der Waals surface area contributed by atoms with E-state index in [1.165, 1.54) is 24.3 Å². The molecule has 0 aromatic heterocycles. The summed E-state index contributed by atoms with van der Waals surface area (Å²) in [5, 5.41) is 13.4. The maximum Gasteiger partial charge on any atom is 0.573 e. The highest BCUT2D eigenvalue weighted by molar-refractivity contribution is 5.91. The van der Waals surface area contributed by atoms with Crippen LogP contribution in [0.5, 0.6) is 5.75 Å². The second kappa shape index (κ2) is 5.87. The average Bonchev–Trinajstić information content (AvgIpc) is 2.41. The molecule has 5 rings (SSSR count). The van der Waals surface area contributed by atoms with Crippen LogP contribution >= 0.6 is 0 Å². The standard InChI is InChI=1S/C19H22F3NO3/c20-19(21,22)26-15-3-1-2-14(5-15)23-16(24)10-17-6-12-4-13(7-17)9-18(25,8-12)11-17/h1-3,5,12-13,25H,4,6-11H2,(H,23,24).